The lowest BCUT2D eigenvalue weighted by Gasteiger charge is -2.39. The van der Waals surface area contributed by atoms with E-state index in [1.807, 2.05) is 5.01 Å². The summed E-state index contributed by atoms with van der Waals surface area (Å²) < 4.78 is 35.3. The van der Waals surface area contributed by atoms with E-state index in [-0.39, 0.29) is 24.4 Å². The Hall–Kier alpha value is -3.57. The third-order valence-electron chi connectivity index (χ3n) is 8.06. The van der Waals surface area contributed by atoms with Crippen LogP contribution in [0.15, 0.2) is 36.4 Å². The fourth-order valence-electron chi connectivity index (χ4n) is 5.85. The Bertz CT molecular complexity index is 1220. The number of benzene rings is 2. The van der Waals surface area contributed by atoms with Gasteiger partial charge in [-0.1, -0.05) is 6.07 Å². The summed E-state index contributed by atoms with van der Waals surface area (Å²) in [5.41, 5.74) is 3.83. The highest BCUT2D eigenvalue weighted by Gasteiger charge is 2.30. The van der Waals surface area contributed by atoms with Crippen molar-refractivity contribution in [1.82, 2.24) is 20.7 Å². The molecule has 0 aromatic heterocycles. The van der Waals surface area contributed by atoms with Crippen molar-refractivity contribution in [3.63, 3.8) is 0 Å². The summed E-state index contributed by atoms with van der Waals surface area (Å²) in [5, 5.41) is 4.18. The van der Waals surface area contributed by atoms with E-state index in [4.69, 9.17) is 4.74 Å². The highest BCUT2D eigenvalue weighted by Crippen LogP contribution is 2.33. The fourth-order valence-corrected chi connectivity index (χ4v) is 5.85. The van der Waals surface area contributed by atoms with Crippen LogP contribution < -0.4 is 20.4 Å². The van der Waals surface area contributed by atoms with Gasteiger partial charge in [0, 0.05) is 70.1 Å². The molecule has 3 amide bonds. The van der Waals surface area contributed by atoms with Gasteiger partial charge in [-0.2, -0.15) is 0 Å². The van der Waals surface area contributed by atoms with Crippen molar-refractivity contribution < 1.29 is 27.9 Å². The molecule has 2 aromatic carbocycles. The van der Waals surface area contributed by atoms with E-state index in [1.165, 1.54) is 12.1 Å². The Morgan fingerprint density at radius 3 is 2.25 bits per heavy atom. The standard InChI is InChI=1S/C29H35F2N5O4/c1-40-23-4-2-3-20(13-23)29(39)33-36-7-5-19(6-8-36)18-34-9-11-35(12-10-34)28-24(30)14-21(15-25(28)31)22-16-26(37)32-27(38)17-22/h2-4,13-15,19,22H,5-12,16-18H2,1H3,(H,33,39)(H,32,37,38). The SMILES string of the molecule is COc1cccc(C(=O)NN2CCC(CN3CCN(c4c(F)cc(C5CC(=O)NC(=O)C5)cc4F)CC3)CC2)c1. The van der Waals surface area contributed by atoms with Gasteiger partial charge < -0.3 is 9.64 Å². The summed E-state index contributed by atoms with van der Waals surface area (Å²) >= 11 is 0. The molecule has 3 heterocycles. The number of methoxy groups -OCH3 is 1. The lowest BCUT2D eigenvalue weighted by Crippen LogP contribution is -2.51. The number of imide groups is 1. The molecule has 2 N–H and O–H groups in total. The third kappa shape index (κ3) is 6.59. The molecule has 3 aliphatic heterocycles. The van der Waals surface area contributed by atoms with E-state index in [2.05, 4.69) is 15.6 Å². The molecule has 3 aliphatic rings. The molecule has 2 aromatic rings. The van der Waals surface area contributed by atoms with Crippen molar-refractivity contribution in [3.8, 4) is 5.75 Å². The molecule has 0 spiro atoms. The zero-order chi connectivity index (χ0) is 28.2. The first kappa shape index (κ1) is 28.0. The average molecular weight is 556 g/mol. The number of amides is 3. The van der Waals surface area contributed by atoms with Crippen LogP contribution in [0.3, 0.4) is 0 Å². The lowest BCUT2D eigenvalue weighted by atomic mass is 9.89. The van der Waals surface area contributed by atoms with Gasteiger partial charge in [-0.3, -0.25) is 30.0 Å². The minimum atomic E-state index is -0.662. The zero-order valence-corrected chi connectivity index (χ0v) is 22.6. The number of halogens is 2. The number of nitrogens with one attached hydrogen (secondary N) is 2. The Morgan fingerprint density at radius 1 is 0.975 bits per heavy atom. The number of carbonyl (C=O) groups is 3. The van der Waals surface area contributed by atoms with E-state index < -0.39 is 29.4 Å². The summed E-state index contributed by atoms with van der Waals surface area (Å²) in [6.45, 7) is 4.84. The van der Waals surface area contributed by atoms with E-state index in [0.717, 1.165) is 32.5 Å². The Balaban J connectivity index is 1.08. The predicted molar refractivity (Wildman–Crippen MR) is 145 cm³/mol. The second kappa shape index (κ2) is 12.3. The summed E-state index contributed by atoms with van der Waals surface area (Å²) in [6, 6.07) is 9.60. The van der Waals surface area contributed by atoms with Gasteiger partial charge in [-0.25, -0.2) is 13.8 Å². The maximum absolute atomic E-state index is 15.1. The molecule has 3 fully saturated rings. The summed E-state index contributed by atoms with van der Waals surface area (Å²) in [7, 11) is 1.57. The molecule has 0 unspecified atom stereocenters. The van der Waals surface area contributed by atoms with Crippen LogP contribution in [0, 0.1) is 17.6 Å². The van der Waals surface area contributed by atoms with E-state index >= 15 is 8.78 Å². The molecule has 0 radical (unpaired) electrons. The topological polar surface area (TPSA) is 94.2 Å². The van der Waals surface area contributed by atoms with Crippen molar-refractivity contribution in [2.24, 2.45) is 5.92 Å². The van der Waals surface area contributed by atoms with Gasteiger partial charge in [-0.15, -0.1) is 0 Å². The van der Waals surface area contributed by atoms with Crippen molar-refractivity contribution >= 4 is 23.4 Å². The quantitative estimate of drug-likeness (QED) is 0.508. The second-order valence-corrected chi connectivity index (χ2v) is 10.8. The van der Waals surface area contributed by atoms with Crippen molar-refractivity contribution in [2.45, 2.75) is 31.6 Å². The number of piperidine rings is 2. The lowest BCUT2D eigenvalue weighted by molar-refractivity contribution is -0.133. The minimum absolute atomic E-state index is 0.0379. The fraction of sp³-hybridized carbons (Fsp3) is 0.483. The van der Waals surface area contributed by atoms with Gasteiger partial charge in [0.2, 0.25) is 11.8 Å². The first-order chi connectivity index (χ1) is 19.3. The number of hydrogen-bond acceptors (Lipinski definition) is 7. The van der Waals surface area contributed by atoms with Crippen molar-refractivity contribution in [2.75, 3.05) is 57.8 Å². The molecule has 0 bridgehead atoms. The highest BCUT2D eigenvalue weighted by molar-refractivity contribution is 5.98. The number of hydrazine groups is 1. The number of rotatable bonds is 7. The molecular formula is C29H35F2N5O4. The first-order valence-corrected chi connectivity index (χ1v) is 13.8. The molecule has 5 rings (SSSR count). The van der Waals surface area contributed by atoms with Gasteiger partial charge in [0.1, 0.15) is 23.1 Å². The molecule has 9 nitrogen and oxygen atoms in total. The van der Waals surface area contributed by atoms with Gasteiger partial charge in [0.15, 0.2) is 0 Å². The maximum Gasteiger partial charge on any atom is 0.265 e. The number of ether oxygens (including phenoxy) is 1. The third-order valence-corrected chi connectivity index (χ3v) is 8.06. The molecule has 0 atom stereocenters. The van der Waals surface area contributed by atoms with Gasteiger partial charge >= 0.3 is 0 Å². The summed E-state index contributed by atoms with van der Waals surface area (Å²) in [6.07, 6.45) is 1.97. The Kier molecular flexibility index (Phi) is 8.60. The largest absolute Gasteiger partial charge is 0.497 e. The first-order valence-electron chi connectivity index (χ1n) is 13.8. The number of anilines is 1. The van der Waals surface area contributed by atoms with Crippen LogP contribution in [0.4, 0.5) is 14.5 Å². The Morgan fingerprint density at radius 2 is 1.62 bits per heavy atom. The summed E-state index contributed by atoms with van der Waals surface area (Å²) in [4.78, 5) is 40.1. The van der Waals surface area contributed by atoms with Crippen LogP contribution >= 0.6 is 0 Å². The zero-order valence-electron chi connectivity index (χ0n) is 22.6. The van der Waals surface area contributed by atoms with Crippen LogP contribution in [-0.2, 0) is 9.59 Å². The summed E-state index contributed by atoms with van der Waals surface area (Å²) in [5.74, 6) is -1.72. The normalized spacial score (nSPS) is 19.9. The highest BCUT2D eigenvalue weighted by atomic mass is 19.1. The maximum atomic E-state index is 15.1. The molecule has 11 heteroatoms. The van der Waals surface area contributed by atoms with Gasteiger partial charge in [0.05, 0.1) is 7.11 Å². The van der Waals surface area contributed by atoms with Gasteiger partial charge in [-0.05, 0) is 54.7 Å². The average Bonchev–Trinajstić information content (AvgIpc) is 2.94. The van der Waals surface area contributed by atoms with Crippen molar-refractivity contribution in [1.29, 1.82) is 0 Å². The predicted octanol–water partition coefficient (Wildman–Crippen LogP) is 2.67. The van der Waals surface area contributed by atoms with E-state index in [9.17, 15) is 14.4 Å². The second-order valence-electron chi connectivity index (χ2n) is 10.8. The number of piperazine rings is 1. The molecule has 40 heavy (non-hydrogen) atoms. The molecule has 0 aliphatic carbocycles. The van der Waals surface area contributed by atoms with Crippen LogP contribution in [0.2, 0.25) is 0 Å². The number of carbonyl (C=O) groups excluding carboxylic acids is 3. The smallest absolute Gasteiger partial charge is 0.265 e. The molecular weight excluding hydrogens is 520 g/mol. The Labute approximate surface area is 232 Å². The molecule has 214 valence electrons. The van der Waals surface area contributed by atoms with E-state index in [0.29, 0.717) is 49.0 Å². The van der Waals surface area contributed by atoms with E-state index in [1.54, 1.807) is 36.3 Å². The van der Waals surface area contributed by atoms with Crippen LogP contribution in [0.1, 0.15) is 47.5 Å². The molecule has 0 saturated carbocycles. The van der Waals surface area contributed by atoms with Crippen molar-refractivity contribution in [3.05, 3.63) is 59.2 Å². The minimum Gasteiger partial charge on any atom is -0.497 e. The molecule has 3 saturated heterocycles. The van der Waals surface area contributed by atoms with Crippen LogP contribution in [0.5, 0.6) is 5.75 Å². The monoisotopic (exact) mass is 555 g/mol. The number of hydrogen-bond donors (Lipinski definition) is 2. The van der Waals surface area contributed by atoms with Crippen LogP contribution in [-0.4, -0.2) is 80.6 Å². The number of nitrogens with zero attached hydrogens (tertiary/aromatic N) is 3. The van der Waals surface area contributed by atoms with Crippen LogP contribution in [0.25, 0.3) is 0 Å². The van der Waals surface area contributed by atoms with Gasteiger partial charge in [0.25, 0.3) is 5.91 Å².